The summed E-state index contributed by atoms with van der Waals surface area (Å²) in [6.07, 6.45) is 0. The number of aryl methyl sites for hydroxylation is 1. The zero-order valence-corrected chi connectivity index (χ0v) is 12.3. The molecule has 2 nitrogen and oxygen atoms in total. The maximum Gasteiger partial charge on any atom is 0.129 e. The molecule has 0 spiro atoms. The van der Waals surface area contributed by atoms with Gasteiger partial charge < -0.3 is 5.32 Å². The number of nitrogens with one attached hydrogen (secondary N) is 1. The van der Waals surface area contributed by atoms with Gasteiger partial charge in [-0.2, -0.15) is 0 Å². The molecule has 0 fully saturated rings. The van der Waals surface area contributed by atoms with E-state index in [2.05, 4.69) is 10.3 Å². The molecule has 0 amide bonds. The topological polar surface area (TPSA) is 24.9 Å². The molecule has 0 saturated heterocycles. The molecule has 0 atom stereocenters. The van der Waals surface area contributed by atoms with Gasteiger partial charge in [-0.1, -0.05) is 35.9 Å². The van der Waals surface area contributed by atoms with Gasteiger partial charge in [0.15, 0.2) is 0 Å². The molecule has 0 aliphatic carbocycles. The Morgan fingerprint density at radius 3 is 2.81 bits per heavy atom. The normalized spacial score (nSPS) is 10.8. The Labute approximate surface area is 127 Å². The molecule has 0 aliphatic rings. The number of halogens is 2. The Morgan fingerprint density at radius 1 is 1.14 bits per heavy atom. The number of anilines is 1. The molecule has 0 unspecified atom stereocenters. The lowest BCUT2D eigenvalue weighted by Gasteiger charge is -2.10. The Balaban J connectivity index is 1.90. The average molecular weight is 301 g/mol. The maximum absolute atomic E-state index is 13.8. The summed E-state index contributed by atoms with van der Waals surface area (Å²) >= 11 is 5.76. The van der Waals surface area contributed by atoms with Gasteiger partial charge >= 0.3 is 0 Å². The minimum atomic E-state index is -0.306. The summed E-state index contributed by atoms with van der Waals surface area (Å²) in [6.45, 7) is 2.34. The maximum atomic E-state index is 13.8. The highest BCUT2D eigenvalue weighted by molar-refractivity contribution is 6.30. The number of para-hydroxylation sites is 1. The van der Waals surface area contributed by atoms with E-state index < -0.39 is 0 Å². The van der Waals surface area contributed by atoms with Crippen LogP contribution in [0.2, 0.25) is 5.02 Å². The Hall–Kier alpha value is -2.13. The number of aromatic nitrogens is 1. The summed E-state index contributed by atoms with van der Waals surface area (Å²) < 4.78 is 13.8. The third kappa shape index (κ3) is 2.98. The molecule has 0 radical (unpaired) electrons. The lowest BCUT2D eigenvalue weighted by molar-refractivity contribution is 0.613. The largest absolute Gasteiger partial charge is 0.379 e. The lowest BCUT2D eigenvalue weighted by Crippen LogP contribution is -2.03. The standard InChI is InChI=1S/C17H14ClFN2/c1-11-5-6-12-3-2-4-16(17(12)21-11)20-10-13-7-8-14(18)9-15(13)19/h2-9,20H,10H2,1H3. The SMILES string of the molecule is Cc1ccc2cccc(NCc3ccc(Cl)cc3F)c2n1. The van der Waals surface area contributed by atoms with Gasteiger partial charge in [0.1, 0.15) is 5.82 Å². The second kappa shape index (κ2) is 5.70. The van der Waals surface area contributed by atoms with Crippen molar-refractivity contribution in [3.05, 3.63) is 70.6 Å². The van der Waals surface area contributed by atoms with Gasteiger partial charge in [-0.15, -0.1) is 0 Å². The van der Waals surface area contributed by atoms with Crippen molar-refractivity contribution in [2.24, 2.45) is 0 Å². The van der Waals surface area contributed by atoms with Gasteiger partial charge in [0, 0.05) is 28.2 Å². The number of hydrogen-bond acceptors (Lipinski definition) is 2. The molecule has 21 heavy (non-hydrogen) atoms. The van der Waals surface area contributed by atoms with Gasteiger partial charge in [0.25, 0.3) is 0 Å². The van der Waals surface area contributed by atoms with E-state index >= 15 is 0 Å². The Morgan fingerprint density at radius 2 is 2.00 bits per heavy atom. The van der Waals surface area contributed by atoms with Crippen LogP contribution in [0.5, 0.6) is 0 Å². The van der Waals surface area contributed by atoms with Crippen LogP contribution in [0.4, 0.5) is 10.1 Å². The fourth-order valence-corrected chi connectivity index (χ4v) is 2.40. The minimum Gasteiger partial charge on any atom is -0.379 e. The molecule has 3 rings (SSSR count). The van der Waals surface area contributed by atoms with E-state index in [1.807, 2.05) is 37.3 Å². The number of nitrogens with zero attached hydrogens (tertiary/aromatic N) is 1. The first-order valence-electron chi connectivity index (χ1n) is 6.68. The number of rotatable bonds is 3. The van der Waals surface area contributed by atoms with Gasteiger partial charge in [-0.25, -0.2) is 4.39 Å². The average Bonchev–Trinajstić information content (AvgIpc) is 2.46. The van der Waals surface area contributed by atoms with Crippen molar-refractivity contribution in [3.63, 3.8) is 0 Å². The molecule has 0 saturated carbocycles. The zero-order chi connectivity index (χ0) is 14.8. The van der Waals surface area contributed by atoms with Crippen LogP contribution in [-0.4, -0.2) is 4.98 Å². The molecule has 3 aromatic rings. The number of pyridine rings is 1. The molecule has 0 bridgehead atoms. The van der Waals surface area contributed by atoms with E-state index in [0.717, 1.165) is 22.3 Å². The fourth-order valence-electron chi connectivity index (χ4n) is 2.24. The first kappa shape index (κ1) is 13.8. The summed E-state index contributed by atoms with van der Waals surface area (Å²) in [5.74, 6) is -0.306. The highest BCUT2D eigenvalue weighted by Gasteiger charge is 2.06. The van der Waals surface area contributed by atoms with E-state index in [4.69, 9.17) is 11.6 Å². The van der Waals surface area contributed by atoms with Gasteiger partial charge in [-0.3, -0.25) is 4.98 Å². The van der Waals surface area contributed by atoms with Crippen molar-refractivity contribution >= 4 is 28.2 Å². The van der Waals surface area contributed by atoms with Crippen molar-refractivity contribution in [3.8, 4) is 0 Å². The monoisotopic (exact) mass is 300 g/mol. The third-order valence-electron chi connectivity index (χ3n) is 3.34. The molecular weight excluding hydrogens is 287 g/mol. The quantitative estimate of drug-likeness (QED) is 0.740. The first-order chi connectivity index (χ1) is 10.1. The summed E-state index contributed by atoms with van der Waals surface area (Å²) in [4.78, 5) is 4.55. The minimum absolute atomic E-state index is 0.306. The molecule has 2 aromatic carbocycles. The molecule has 106 valence electrons. The molecule has 1 N–H and O–H groups in total. The van der Waals surface area contributed by atoms with Crippen molar-refractivity contribution in [2.45, 2.75) is 13.5 Å². The van der Waals surface area contributed by atoms with Gasteiger partial charge in [0.2, 0.25) is 0 Å². The summed E-state index contributed by atoms with van der Waals surface area (Å²) in [7, 11) is 0. The van der Waals surface area contributed by atoms with Crippen LogP contribution >= 0.6 is 11.6 Å². The Bertz CT molecular complexity index is 802. The second-order valence-corrected chi connectivity index (χ2v) is 5.36. The van der Waals surface area contributed by atoms with E-state index in [9.17, 15) is 4.39 Å². The van der Waals surface area contributed by atoms with E-state index in [1.165, 1.54) is 6.07 Å². The Kier molecular flexibility index (Phi) is 3.76. The summed E-state index contributed by atoms with van der Waals surface area (Å²) in [5, 5.41) is 4.71. The number of hydrogen-bond donors (Lipinski definition) is 1. The molecular formula is C17H14ClFN2. The highest BCUT2D eigenvalue weighted by Crippen LogP contribution is 2.23. The predicted molar refractivity (Wildman–Crippen MR) is 85.2 cm³/mol. The van der Waals surface area contributed by atoms with Crippen molar-refractivity contribution in [2.75, 3.05) is 5.32 Å². The first-order valence-corrected chi connectivity index (χ1v) is 7.05. The van der Waals surface area contributed by atoms with Crippen LogP contribution in [0.1, 0.15) is 11.3 Å². The molecule has 1 aromatic heterocycles. The molecule has 4 heteroatoms. The molecule has 0 aliphatic heterocycles. The summed E-state index contributed by atoms with van der Waals surface area (Å²) in [5.41, 5.74) is 3.32. The van der Waals surface area contributed by atoms with Gasteiger partial charge in [-0.05, 0) is 31.2 Å². The van der Waals surface area contributed by atoms with Crippen molar-refractivity contribution in [1.29, 1.82) is 0 Å². The number of benzene rings is 2. The predicted octanol–water partition coefficient (Wildman–Crippen LogP) is 4.95. The van der Waals surface area contributed by atoms with E-state index in [-0.39, 0.29) is 5.82 Å². The fraction of sp³-hybridized carbons (Fsp3) is 0.118. The van der Waals surface area contributed by atoms with Crippen molar-refractivity contribution < 1.29 is 4.39 Å². The van der Waals surface area contributed by atoms with E-state index in [1.54, 1.807) is 12.1 Å². The van der Waals surface area contributed by atoms with E-state index in [0.29, 0.717) is 17.1 Å². The zero-order valence-electron chi connectivity index (χ0n) is 11.5. The van der Waals surface area contributed by atoms with Crippen LogP contribution in [0.25, 0.3) is 10.9 Å². The highest BCUT2D eigenvalue weighted by atomic mass is 35.5. The van der Waals surface area contributed by atoms with Crippen LogP contribution in [-0.2, 0) is 6.54 Å². The molecule has 1 heterocycles. The summed E-state index contributed by atoms with van der Waals surface area (Å²) in [6, 6.07) is 14.6. The third-order valence-corrected chi connectivity index (χ3v) is 3.58. The van der Waals surface area contributed by atoms with Crippen molar-refractivity contribution in [1.82, 2.24) is 4.98 Å². The van der Waals surface area contributed by atoms with Crippen LogP contribution in [0, 0.1) is 12.7 Å². The van der Waals surface area contributed by atoms with Crippen LogP contribution in [0.3, 0.4) is 0 Å². The smallest absolute Gasteiger partial charge is 0.129 e. The van der Waals surface area contributed by atoms with Gasteiger partial charge in [0.05, 0.1) is 11.2 Å². The van der Waals surface area contributed by atoms with Crippen LogP contribution < -0.4 is 5.32 Å². The lowest BCUT2D eigenvalue weighted by atomic mass is 10.1. The van der Waals surface area contributed by atoms with Crippen LogP contribution in [0.15, 0.2) is 48.5 Å². The second-order valence-electron chi connectivity index (χ2n) is 4.92. The number of fused-ring (bicyclic) bond motifs is 1.